The summed E-state index contributed by atoms with van der Waals surface area (Å²) in [5, 5.41) is 19.9. The summed E-state index contributed by atoms with van der Waals surface area (Å²) in [5.74, 6) is -0.342. The van der Waals surface area contributed by atoms with E-state index < -0.39 is 5.97 Å². The van der Waals surface area contributed by atoms with Crippen molar-refractivity contribution in [1.29, 1.82) is 0 Å². The Balaban J connectivity index is 2.33. The fraction of sp³-hybridized carbons (Fsp3) is 0.200. The van der Waals surface area contributed by atoms with Crippen LogP contribution in [0.15, 0.2) is 27.1 Å². The Labute approximate surface area is 119 Å². The van der Waals surface area contributed by atoms with Gasteiger partial charge in [0, 0.05) is 14.5 Å². The molecule has 1 aromatic carbocycles. The van der Waals surface area contributed by atoms with E-state index in [1.54, 1.807) is 0 Å². The molecule has 0 fully saturated rings. The molecule has 0 spiro atoms. The van der Waals surface area contributed by atoms with Crippen molar-refractivity contribution in [2.45, 2.75) is 13.0 Å². The van der Waals surface area contributed by atoms with Gasteiger partial charge in [0.1, 0.15) is 0 Å². The van der Waals surface area contributed by atoms with Crippen molar-refractivity contribution >= 4 is 37.8 Å². The van der Waals surface area contributed by atoms with Gasteiger partial charge in [-0.05, 0) is 28.6 Å². The number of hydrogen-bond acceptors (Lipinski definition) is 4. The Bertz CT molecular complexity index is 565. The molecule has 1 N–H and O–H groups in total. The van der Waals surface area contributed by atoms with Crippen LogP contribution in [0.1, 0.15) is 6.42 Å². The number of aryl methyl sites for hydroxylation is 1. The molecule has 0 aliphatic heterocycles. The zero-order chi connectivity index (χ0) is 13.1. The first kappa shape index (κ1) is 13.2. The van der Waals surface area contributed by atoms with Gasteiger partial charge in [-0.3, -0.25) is 4.79 Å². The van der Waals surface area contributed by atoms with Crippen molar-refractivity contribution in [1.82, 2.24) is 20.2 Å². The third-order valence-electron chi connectivity index (χ3n) is 2.19. The van der Waals surface area contributed by atoms with Crippen molar-refractivity contribution in [3.8, 4) is 11.4 Å². The van der Waals surface area contributed by atoms with Crippen LogP contribution in [-0.2, 0) is 11.3 Å². The molecular weight excluding hydrogens is 368 g/mol. The second-order valence-electron chi connectivity index (χ2n) is 3.53. The van der Waals surface area contributed by atoms with E-state index >= 15 is 0 Å². The number of halogens is 2. The fourth-order valence-electron chi connectivity index (χ4n) is 1.45. The molecule has 0 aliphatic carbocycles. The summed E-state index contributed by atoms with van der Waals surface area (Å²) < 4.78 is 3.25. The van der Waals surface area contributed by atoms with Gasteiger partial charge in [-0.25, -0.2) is 4.68 Å². The molecule has 0 saturated heterocycles. The highest BCUT2D eigenvalue weighted by atomic mass is 79.9. The number of carboxylic acid groups (broad SMARTS) is 1. The zero-order valence-corrected chi connectivity index (χ0v) is 12.2. The highest BCUT2D eigenvalue weighted by Crippen LogP contribution is 2.26. The number of aliphatic carboxylic acids is 1. The smallest absolute Gasteiger partial charge is 0.305 e. The van der Waals surface area contributed by atoms with Gasteiger partial charge in [0.15, 0.2) is 5.82 Å². The summed E-state index contributed by atoms with van der Waals surface area (Å²) in [6.45, 7) is 0.238. The molecule has 0 amide bonds. The fourth-order valence-corrected chi connectivity index (χ4v) is 2.74. The number of tetrazole rings is 1. The van der Waals surface area contributed by atoms with Crippen LogP contribution in [0, 0.1) is 0 Å². The monoisotopic (exact) mass is 374 g/mol. The zero-order valence-electron chi connectivity index (χ0n) is 9.05. The predicted molar refractivity (Wildman–Crippen MR) is 70.9 cm³/mol. The molecule has 0 saturated carbocycles. The second-order valence-corrected chi connectivity index (χ2v) is 5.36. The normalized spacial score (nSPS) is 10.6. The van der Waals surface area contributed by atoms with Gasteiger partial charge in [0.05, 0.1) is 13.0 Å². The largest absolute Gasteiger partial charge is 0.481 e. The first-order valence-corrected chi connectivity index (χ1v) is 6.59. The maximum Gasteiger partial charge on any atom is 0.305 e. The molecule has 0 unspecified atom stereocenters. The lowest BCUT2D eigenvalue weighted by atomic mass is 10.2. The van der Waals surface area contributed by atoms with Crippen LogP contribution in [0.3, 0.4) is 0 Å². The number of carbonyl (C=O) groups is 1. The summed E-state index contributed by atoms with van der Waals surface area (Å²) in [7, 11) is 0. The molecule has 0 atom stereocenters. The van der Waals surface area contributed by atoms with E-state index in [9.17, 15) is 4.79 Å². The predicted octanol–water partition coefficient (Wildman–Crippen LogP) is 2.34. The number of carboxylic acids is 1. The maximum atomic E-state index is 10.6. The SMILES string of the molecule is O=C(O)CCn1nnnc1-c1cc(Br)cc(Br)c1. The first-order chi connectivity index (χ1) is 8.56. The number of rotatable bonds is 4. The van der Waals surface area contributed by atoms with Crippen LogP contribution in [-0.4, -0.2) is 31.3 Å². The van der Waals surface area contributed by atoms with E-state index in [-0.39, 0.29) is 13.0 Å². The number of hydrogen-bond donors (Lipinski definition) is 1. The highest BCUT2D eigenvalue weighted by molar-refractivity contribution is 9.11. The van der Waals surface area contributed by atoms with Crippen LogP contribution in [0.5, 0.6) is 0 Å². The molecule has 1 aromatic heterocycles. The molecule has 6 nitrogen and oxygen atoms in total. The second kappa shape index (κ2) is 5.57. The molecule has 2 aromatic rings. The van der Waals surface area contributed by atoms with E-state index in [0.29, 0.717) is 5.82 Å². The molecule has 2 rings (SSSR count). The summed E-state index contributed by atoms with van der Waals surface area (Å²) in [6.07, 6.45) is -0.0206. The first-order valence-electron chi connectivity index (χ1n) is 5.00. The van der Waals surface area contributed by atoms with Gasteiger partial charge in [-0.2, -0.15) is 0 Å². The van der Waals surface area contributed by atoms with Crippen molar-refractivity contribution in [2.75, 3.05) is 0 Å². The van der Waals surface area contributed by atoms with E-state index in [2.05, 4.69) is 47.4 Å². The van der Waals surface area contributed by atoms with Crippen molar-refractivity contribution in [3.63, 3.8) is 0 Å². The van der Waals surface area contributed by atoms with Crippen molar-refractivity contribution in [3.05, 3.63) is 27.1 Å². The van der Waals surface area contributed by atoms with Crippen LogP contribution in [0.4, 0.5) is 0 Å². The average Bonchev–Trinajstić information content (AvgIpc) is 2.72. The lowest BCUT2D eigenvalue weighted by molar-refractivity contribution is -0.137. The van der Waals surface area contributed by atoms with Crippen LogP contribution in [0.25, 0.3) is 11.4 Å². The lowest BCUT2D eigenvalue weighted by Gasteiger charge is -2.04. The Morgan fingerprint density at radius 3 is 2.56 bits per heavy atom. The number of nitrogens with zero attached hydrogens (tertiary/aromatic N) is 4. The van der Waals surface area contributed by atoms with Gasteiger partial charge >= 0.3 is 5.97 Å². The Morgan fingerprint density at radius 2 is 1.94 bits per heavy atom. The minimum absolute atomic E-state index is 0.0206. The molecular formula is C10H8Br2N4O2. The molecule has 0 bridgehead atoms. The minimum Gasteiger partial charge on any atom is -0.481 e. The Morgan fingerprint density at radius 1 is 1.28 bits per heavy atom. The minimum atomic E-state index is -0.883. The summed E-state index contributed by atoms with van der Waals surface area (Å²) in [6, 6.07) is 5.64. The molecule has 94 valence electrons. The lowest BCUT2D eigenvalue weighted by Crippen LogP contribution is -2.07. The standard InChI is InChI=1S/C10H8Br2N4O2/c11-7-3-6(4-8(12)5-7)10-13-14-15-16(10)2-1-9(17)18/h3-5H,1-2H2,(H,17,18). The van der Waals surface area contributed by atoms with E-state index in [1.165, 1.54) is 4.68 Å². The number of aromatic nitrogens is 4. The quantitative estimate of drug-likeness (QED) is 0.886. The van der Waals surface area contributed by atoms with Crippen molar-refractivity contribution < 1.29 is 9.90 Å². The van der Waals surface area contributed by atoms with E-state index in [0.717, 1.165) is 14.5 Å². The number of benzene rings is 1. The van der Waals surface area contributed by atoms with Crippen LogP contribution in [0.2, 0.25) is 0 Å². The Hall–Kier alpha value is -1.28. The highest BCUT2D eigenvalue weighted by Gasteiger charge is 2.11. The third-order valence-corrected chi connectivity index (χ3v) is 3.11. The maximum absolute atomic E-state index is 10.6. The summed E-state index contributed by atoms with van der Waals surface area (Å²) in [5.41, 5.74) is 0.812. The average molecular weight is 376 g/mol. The van der Waals surface area contributed by atoms with Gasteiger partial charge in [-0.15, -0.1) is 5.10 Å². The molecule has 0 aliphatic rings. The third kappa shape index (κ3) is 3.14. The van der Waals surface area contributed by atoms with Crippen LogP contribution >= 0.6 is 31.9 Å². The topological polar surface area (TPSA) is 80.9 Å². The van der Waals surface area contributed by atoms with E-state index in [4.69, 9.17) is 5.11 Å². The van der Waals surface area contributed by atoms with Crippen LogP contribution < -0.4 is 0 Å². The molecule has 8 heteroatoms. The summed E-state index contributed by atoms with van der Waals surface area (Å²) >= 11 is 6.77. The van der Waals surface area contributed by atoms with Crippen molar-refractivity contribution in [2.24, 2.45) is 0 Å². The molecule has 18 heavy (non-hydrogen) atoms. The summed E-state index contributed by atoms with van der Waals surface area (Å²) in [4.78, 5) is 10.6. The van der Waals surface area contributed by atoms with Gasteiger partial charge < -0.3 is 5.11 Å². The molecule has 0 radical (unpaired) electrons. The Kier molecular flexibility index (Phi) is 4.07. The van der Waals surface area contributed by atoms with Gasteiger partial charge in [-0.1, -0.05) is 31.9 Å². The van der Waals surface area contributed by atoms with Gasteiger partial charge in [0.25, 0.3) is 0 Å². The molecule has 1 heterocycles. The van der Waals surface area contributed by atoms with E-state index in [1.807, 2.05) is 18.2 Å². The van der Waals surface area contributed by atoms with Gasteiger partial charge in [0.2, 0.25) is 0 Å².